The molecule has 4 rings (SSSR count). The van der Waals surface area contributed by atoms with Crippen LogP contribution in [-0.4, -0.2) is 23.0 Å². The maximum absolute atomic E-state index is 13.9. The SMILES string of the molecule is O=C(N[C@H]1CC[C@@H](Nc2cc(C(F)(F)F)nc3ccccc23)CC1)c1cc(Cl)ccc1F. The molecule has 2 N–H and O–H groups in total. The molecule has 1 aliphatic carbocycles. The van der Waals surface area contributed by atoms with Crippen LogP contribution in [0.5, 0.6) is 0 Å². The van der Waals surface area contributed by atoms with Crippen molar-refractivity contribution in [2.75, 3.05) is 5.32 Å². The molecule has 0 spiro atoms. The summed E-state index contributed by atoms with van der Waals surface area (Å²) in [7, 11) is 0. The Morgan fingerprint density at radius 2 is 1.69 bits per heavy atom. The number of benzene rings is 2. The first-order valence-electron chi connectivity index (χ1n) is 10.2. The van der Waals surface area contributed by atoms with Crippen molar-refractivity contribution >= 4 is 34.1 Å². The van der Waals surface area contributed by atoms with Crippen LogP contribution in [0.3, 0.4) is 0 Å². The minimum absolute atomic E-state index is 0.0575. The molecule has 9 heteroatoms. The molecule has 0 bridgehead atoms. The van der Waals surface area contributed by atoms with E-state index >= 15 is 0 Å². The molecule has 0 unspecified atom stereocenters. The van der Waals surface area contributed by atoms with Crippen molar-refractivity contribution in [3.8, 4) is 0 Å². The molecule has 0 atom stereocenters. The highest BCUT2D eigenvalue weighted by Crippen LogP contribution is 2.34. The topological polar surface area (TPSA) is 54.0 Å². The number of pyridine rings is 1. The Bertz CT molecular complexity index is 1140. The lowest BCUT2D eigenvalue weighted by atomic mass is 9.90. The van der Waals surface area contributed by atoms with Gasteiger partial charge in [0.2, 0.25) is 0 Å². The van der Waals surface area contributed by atoms with Gasteiger partial charge in [0.25, 0.3) is 5.91 Å². The number of alkyl halides is 3. The standard InChI is InChI=1S/C23H20ClF4N3O/c24-13-5-10-18(25)17(11-13)22(32)30-15-8-6-14(7-9-15)29-20-12-21(23(26,27)28)31-19-4-2-1-3-16(19)20/h1-5,10-12,14-15H,6-9H2,(H,29,31)(H,30,32)/t14-,15+. The Morgan fingerprint density at radius 1 is 1.00 bits per heavy atom. The van der Waals surface area contributed by atoms with Crippen molar-refractivity contribution < 1.29 is 22.4 Å². The largest absolute Gasteiger partial charge is 0.433 e. The van der Waals surface area contributed by atoms with E-state index in [0.717, 1.165) is 12.1 Å². The lowest BCUT2D eigenvalue weighted by Crippen LogP contribution is -2.40. The zero-order chi connectivity index (χ0) is 22.9. The Labute approximate surface area is 187 Å². The smallest absolute Gasteiger partial charge is 0.382 e. The van der Waals surface area contributed by atoms with E-state index < -0.39 is 23.6 Å². The van der Waals surface area contributed by atoms with Gasteiger partial charge in [-0.15, -0.1) is 0 Å². The zero-order valence-corrected chi connectivity index (χ0v) is 17.6. The summed E-state index contributed by atoms with van der Waals surface area (Å²) in [6, 6.07) is 11.3. The first-order valence-corrected chi connectivity index (χ1v) is 10.6. The van der Waals surface area contributed by atoms with Gasteiger partial charge in [0.05, 0.1) is 11.1 Å². The molecule has 168 valence electrons. The maximum atomic E-state index is 13.9. The fourth-order valence-corrected chi connectivity index (χ4v) is 4.15. The second-order valence-corrected chi connectivity index (χ2v) is 8.30. The number of aromatic nitrogens is 1. The minimum Gasteiger partial charge on any atom is -0.382 e. The number of nitrogens with zero attached hydrogens (tertiary/aromatic N) is 1. The fraction of sp³-hybridized carbons (Fsp3) is 0.304. The van der Waals surface area contributed by atoms with Crippen LogP contribution in [0.25, 0.3) is 10.9 Å². The lowest BCUT2D eigenvalue weighted by molar-refractivity contribution is -0.140. The number of para-hydroxylation sites is 1. The maximum Gasteiger partial charge on any atom is 0.433 e. The van der Waals surface area contributed by atoms with Crippen LogP contribution in [0, 0.1) is 5.82 Å². The summed E-state index contributed by atoms with van der Waals surface area (Å²) in [4.78, 5) is 16.1. The Hall–Kier alpha value is -2.87. The van der Waals surface area contributed by atoms with E-state index in [1.165, 1.54) is 12.1 Å². The van der Waals surface area contributed by atoms with Crippen LogP contribution in [-0.2, 0) is 6.18 Å². The van der Waals surface area contributed by atoms with Crippen molar-refractivity contribution in [3.63, 3.8) is 0 Å². The van der Waals surface area contributed by atoms with Crippen LogP contribution < -0.4 is 10.6 Å². The summed E-state index contributed by atoms with van der Waals surface area (Å²) in [6.07, 6.45) is -2.04. The quantitative estimate of drug-likeness (QED) is 0.451. The van der Waals surface area contributed by atoms with E-state index in [4.69, 9.17) is 11.6 Å². The summed E-state index contributed by atoms with van der Waals surface area (Å²) < 4.78 is 53.7. The predicted molar refractivity (Wildman–Crippen MR) is 115 cm³/mol. The summed E-state index contributed by atoms with van der Waals surface area (Å²) in [5.74, 6) is -1.18. The fourth-order valence-electron chi connectivity index (χ4n) is 3.98. The molecule has 1 saturated carbocycles. The van der Waals surface area contributed by atoms with Crippen molar-refractivity contribution in [1.29, 1.82) is 0 Å². The van der Waals surface area contributed by atoms with Gasteiger partial charge in [-0.05, 0) is 56.0 Å². The van der Waals surface area contributed by atoms with Gasteiger partial charge >= 0.3 is 6.18 Å². The number of fused-ring (bicyclic) bond motifs is 1. The van der Waals surface area contributed by atoms with E-state index in [0.29, 0.717) is 36.8 Å². The first kappa shape index (κ1) is 22.3. The third kappa shape index (κ3) is 4.96. The second-order valence-electron chi connectivity index (χ2n) is 7.86. The van der Waals surface area contributed by atoms with Crippen molar-refractivity contribution in [2.24, 2.45) is 0 Å². The number of carbonyl (C=O) groups excluding carboxylic acids is 1. The summed E-state index contributed by atoms with van der Waals surface area (Å²) >= 11 is 5.85. The van der Waals surface area contributed by atoms with Crippen LogP contribution >= 0.6 is 11.6 Å². The van der Waals surface area contributed by atoms with Gasteiger partial charge in [0.1, 0.15) is 11.5 Å². The molecule has 0 saturated heterocycles. The van der Waals surface area contributed by atoms with Crippen LogP contribution in [0.1, 0.15) is 41.7 Å². The lowest BCUT2D eigenvalue weighted by Gasteiger charge is -2.30. The van der Waals surface area contributed by atoms with Gasteiger partial charge in [-0.2, -0.15) is 13.2 Å². The second kappa shape index (κ2) is 8.94. The number of nitrogens with one attached hydrogen (secondary N) is 2. The molecule has 0 radical (unpaired) electrons. The van der Waals surface area contributed by atoms with Crippen LogP contribution in [0.2, 0.25) is 5.02 Å². The van der Waals surface area contributed by atoms with E-state index in [-0.39, 0.29) is 28.2 Å². The van der Waals surface area contributed by atoms with Gasteiger partial charge < -0.3 is 10.6 Å². The van der Waals surface area contributed by atoms with E-state index in [1.807, 2.05) is 0 Å². The Balaban J connectivity index is 1.43. The van der Waals surface area contributed by atoms with E-state index in [9.17, 15) is 22.4 Å². The van der Waals surface area contributed by atoms with E-state index in [2.05, 4.69) is 15.6 Å². The minimum atomic E-state index is -4.54. The molecule has 1 aliphatic rings. The number of amides is 1. The number of anilines is 1. The highest BCUT2D eigenvalue weighted by atomic mass is 35.5. The summed E-state index contributed by atoms with van der Waals surface area (Å²) in [6.45, 7) is 0. The molecule has 1 aromatic heterocycles. The van der Waals surface area contributed by atoms with Gasteiger partial charge in [-0.1, -0.05) is 29.8 Å². The molecule has 1 amide bonds. The van der Waals surface area contributed by atoms with Crippen molar-refractivity contribution in [3.05, 3.63) is 70.6 Å². The first-order chi connectivity index (χ1) is 15.2. The van der Waals surface area contributed by atoms with Gasteiger partial charge in [0.15, 0.2) is 0 Å². The molecular formula is C23H20ClF4N3O. The Kier molecular flexibility index (Phi) is 6.24. The zero-order valence-electron chi connectivity index (χ0n) is 16.8. The average Bonchev–Trinajstić information content (AvgIpc) is 2.76. The van der Waals surface area contributed by atoms with Crippen LogP contribution in [0.4, 0.5) is 23.2 Å². The molecule has 2 aromatic carbocycles. The highest BCUT2D eigenvalue weighted by Gasteiger charge is 2.34. The average molecular weight is 466 g/mol. The Morgan fingerprint density at radius 3 is 2.41 bits per heavy atom. The third-order valence-corrected chi connectivity index (χ3v) is 5.84. The normalized spacial score (nSPS) is 19.0. The number of halogens is 5. The number of rotatable bonds is 4. The number of carbonyl (C=O) groups is 1. The van der Waals surface area contributed by atoms with Gasteiger partial charge in [-0.3, -0.25) is 4.79 Å². The monoisotopic (exact) mass is 465 g/mol. The van der Waals surface area contributed by atoms with Gasteiger partial charge in [-0.25, -0.2) is 9.37 Å². The molecule has 1 heterocycles. The van der Waals surface area contributed by atoms with Crippen molar-refractivity contribution in [1.82, 2.24) is 10.3 Å². The van der Waals surface area contributed by atoms with Crippen molar-refractivity contribution in [2.45, 2.75) is 43.9 Å². The van der Waals surface area contributed by atoms with Gasteiger partial charge in [0, 0.05) is 28.2 Å². The molecule has 32 heavy (non-hydrogen) atoms. The summed E-state index contributed by atoms with van der Waals surface area (Å²) in [5.41, 5.74) is -0.394. The molecule has 3 aromatic rings. The third-order valence-electron chi connectivity index (χ3n) is 5.60. The number of hydrogen-bond donors (Lipinski definition) is 2. The molecular weight excluding hydrogens is 446 g/mol. The van der Waals surface area contributed by atoms with Crippen LogP contribution in [0.15, 0.2) is 48.5 Å². The molecule has 4 nitrogen and oxygen atoms in total. The predicted octanol–water partition coefficient (Wildman–Crippen LogP) is 6.20. The highest BCUT2D eigenvalue weighted by molar-refractivity contribution is 6.31. The summed E-state index contributed by atoms with van der Waals surface area (Å²) in [5, 5.41) is 6.94. The number of hydrogen-bond acceptors (Lipinski definition) is 3. The molecule has 0 aliphatic heterocycles. The van der Waals surface area contributed by atoms with E-state index in [1.54, 1.807) is 24.3 Å². The molecule has 1 fully saturated rings.